The molecule has 0 fully saturated rings. The second-order valence-corrected chi connectivity index (χ2v) is 4.39. The fourth-order valence-electron chi connectivity index (χ4n) is 1.74. The smallest absolute Gasteiger partial charge is 0.170 e. The number of halogens is 2. The first-order valence-electron chi connectivity index (χ1n) is 5.50. The summed E-state index contributed by atoms with van der Waals surface area (Å²) in [5.41, 5.74) is 1.46. The van der Waals surface area contributed by atoms with Crippen molar-refractivity contribution in [2.24, 2.45) is 7.05 Å². The van der Waals surface area contributed by atoms with E-state index in [2.05, 4.69) is 10.1 Å². The Bertz CT molecular complexity index is 541. The van der Waals surface area contributed by atoms with Gasteiger partial charge in [0.2, 0.25) is 0 Å². The maximum absolute atomic E-state index is 14.0. The predicted octanol–water partition coefficient (Wildman–Crippen LogP) is 2.33. The van der Waals surface area contributed by atoms with Gasteiger partial charge in [-0.1, -0.05) is 0 Å². The van der Waals surface area contributed by atoms with E-state index in [1.165, 1.54) is 0 Å². The molecule has 18 heavy (non-hydrogen) atoms. The van der Waals surface area contributed by atoms with Crippen LogP contribution in [-0.2, 0) is 19.5 Å². The van der Waals surface area contributed by atoms with Gasteiger partial charge in [-0.25, -0.2) is 9.37 Å². The van der Waals surface area contributed by atoms with E-state index in [1.807, 2.05) is 13.2 Å². The Balaban J connectivity index is 2.21. The lowest BCUT2D eigenvalue weighted by Crippen LogP contribution is -2.19. The molecule has 0 aromatic carbocycles. The molecule has 0 N–H and O–H groups in total. The van der Waals surface area contributed by atoms with Crippen LogP contribution in [0.5, 0.6) is 0 Å². The Morgan fingerprint density at radius 1 is 1.50 bits per heavy atom. The van der Waals surface area contributed by atoms with E-state index in [9.17, 15) is 4.39 Å². The van der Waals surface area contributed by atoms with Crippen molar-refractivity contribution in [3.05, 3.63) is 41.6 Å². The van der Waals surface area contributed by atoms with Crippen LogP contribution >= 0.6 is 11.6 Å². The first-order valence-corrected chi connectivity index (χ1v) is 6.03. The molecule has 2 heterocycles. The third-order valence-electron chi connectivity index (χ3n) is 2.63. The van der Waals surface area contributed by atoms with Gasteiger partial charge in [0.1, 0.15) is 0 Å². The van der Waals surface area contributed by atoms with Crippen molar-refractivity contribution in [3.8, 4) is 0 Å². The molecule has 0 aliphatic heterocycles. The summed E-state index contributed by atoms with van der Waals surface area (Å²) in [5.74, 6) is 0.0816. The molecule has 0 amide bonds. The summed E-state index contributed by atoms with van der Waals surface area (Å²) < 4.78 is 15.7. The number of alkyl halides is 1. The van der Waals surface area contributed by atoms with Gasteiger partial charge in [0.05, 0.1) is 12.1 Å². The van der Waals surface area contributed by atoms with E-state index >= 15 is 0 Å². The van der Waals surface area contributed by atoms with Crippen molar-refractivity contribution < 1.29 is 4.39 Å². The first-order chi connectivity index (χ1) is 8.61. The van der Waals surface area contributed by atoms with Crippen molar-refractivity contribution in [2.75, 3.05) is 11.9 Å². The van der Waals surface area contributed by atoms with Gasteiger partial charge in [-0.2, -0.15) is 5.10 Å². The van der Waals surface area contributed by atoms with Crippen LogP contribution in [0.3, 0.4) is 0 Å². The van der Waals surface area contributed by atoms with Gasteiger partial charge >= 0.3 is 0 Å². The van der Waals surface area contributed by atoms with Crippen LogP contribution in [0, 0.1) is 5.82 Å². The predicted molar refractivity (Wildman–Crippen MR) is 69.1 cm³/mol. The molecule has 0 saturated heterocycles. The Hall–Kier alpha value is -1.62. The van der Waals surface area contributed by atoms with Crippen LogP contribution in [0.15, 0.2) is 24.7 Å². The number of aryl methyl sites for hydroxylation is 1. The Morgan fingerprint density at radius 2 is 2.28 bits per heavy atom. The van der Waals surface area contributed by atoms with Crippen LogP contribution < -0.4 is 4.90 Å². The summed E-state index contributed by atoms with van der Waals surface area (Å²) in [6, 6.07) is 1.59. The Morgan fingerprint density at radius 3 is 2.89 bits per heavy atom. The summed E-state index contributed by atoms with van der Waals surface area (Å²) in [6.45, 7) is 0.545. The minimum absolute atomic E-state index is 0.141. The van der Waals surface area contributed by atoms with Crippen molar-refractivity contribution >= 4 is 17.4 Å². The van der Waals surface area contributed by atoms with Crippen molar-refractivity contribution in [1.82, 2.24) is 14.8 Å². The fraction of sp³-hybridized carbons (Fsp3) is 0.333. The molecule has 0 unspecified atom stereocenters. The number of rotatable bonds is 4. The van der Waals surface area contributed by atoms with Crippen molar-refractivity contribution in [2.45, 2.75) is 12.4 Å². The van der Waals surface area contributed by atoms with Crippen LogP contribution in [-0.4, -0.2) is 21.8 Å². The monoisotopic (exact) mass is 268 g/mol. The summed E-state index contributed by atoms with van der Waals surface area (Å²) in [5, 5.41) is 4.07. The van der Waals surface area contributed by atoms with Crippen LogP contribution in [0.2, 0.25) is 0 Å². The van der Waals surface area contributed by atoms with Crippen LogP contribution in [0.1, 0.15) is 11.1 Å². The lowest BCUT2D eigenvalue weighted by molar-refractivity contribution is 0.604. The molecule has 0 spiro atoms. The highest BCUT2D eigenvalue weighted by Gasteiger charge is 2.13. The summed E-state index contributed by atoms with van der Waals surface area (Å²) >= 11 is 5.67. The quantitative estimate of drug-likeness (QED) is 0.798. The highest BCUT2D eigenvalue weighted by atomic mass is 35.5. The second-order valence-electron chi connectivity index (χ2n) is 4.12. The third kappa shape index (κ3) is 2.61. The van der Waals surface area contributed by atoms with E-state index in [1.54, 1.807) is 35.1 Å². The van der Waals surface area contributed by atoms with E-state index in [-0.39, 0.29) is 11.7 Å². The molecule has 2 rings (SSSR count). The van der Waals surface area contributed by atoms with Gasteiger partial charge in [-0.15, -0.1) is 11.6 Å². The molecule has 0 aliphatic carbocycles. The molecule has 2 aromatic heterocycles. The molecular formula is C12H14ClFN4. The van der Waals surface area contributed by atoms with E-state index < -0.39 is 0 Å². The number of nitrogens with zero attached hydrogens (tertiary/aromatic N) is 4. The van der Waals surface area contributed by atoms with Gasteiger partial charge in [-0.05, 0) is 6.07 Å². The molecule has 0 saturated carbocycles. The normalized spacial score (nSPS) is 10.7. The average molecular weight is 269 g/mol. The molecule has 0 radical (unpaired) electrons. The molecule has 2 aromatic rings. The highest BCUT2D eigenvalue weighted by molar-refractivity contribution is 6.17. The van der Waals surface area contributed by atoms with Gasteiger partial charge < -0.3 is 4.90 Å². The lowest BCUT2D eigenvalue weighted by atomic mass is 10.2. The fourth-order valence-corrected chi connectivity index (χ4v) is 1.95. The van der Waals surface area contributed by atoms with Gasteiger partial charge in [-0.3, -0.25) is 4.68 Å². The maximum Gasteiger partial charge on any atom is 0.170 e. The van der Waals surface area contributed by atoms with E-state index in [0.29, 0.717) is 17.9 Å². The minimum Gasteiger partial charge on any atom is -0.353 e. The summed E-state index contributed by atoms with van der Waals surface area (Å²) in [4.78, 5) is 5.79. The zero-order valence-electron chi connectivity index (χ0n) is 10.3. The lowest BCUT2D eigenvalue weighted by Gasteiger charge is -2.18. The van der Waals surface area contributed by atoms with Gasteiger partial charge in [0.15, 0.2) is 11.6 Å². The summed E-state index contributed by atoms with van der Waals surface area (Å²) in [7, 11) is 3.63. The minimum atomic E-state index is -0.362. The number of pyridine rings is 1. The molecule has 6 heteroatoms. The number of anilines is 1. The molecule has 0 atom stereocenters. The Labute approximate surface area is 110 Å². The van der Waals surface area contributed by atoms with Gasteiger partial charge in [0, 0.05) is 44.2 Å². The van der Waals surface area contributed by atoms with Gasteiger partial charge in [0.25, 0.3) is 0 Å². The molecule has 0 bridgehead atoms. The summed E-state index contributed by atoms with van der Waals surface area (Å²) in [6.07, 6.45) is 5.20. The van der Waals surface area contributed by atoms with Crippen LogP contribution in [0.25, 0.3) is 0 Å². The van der Waals surface area contributed by atoms with E-state index in [4.69, 9.17) is 11.6 Å². The van der Waals surface area contributed by atoms with Crippen LogP contribution in [0.4, 0.5) is 10.2 Å². The number of hydrogen-bond donors (Lipinski definition) is 0. The SMILES string of the molecule is CN(Cc1cnn(C)c1)c1nccc(CCl)c1F. The first kappa shape index (κ1) is 12.8. The maximum atomic E-state index is 14.0. The van der Waals surface area contributed by atoms with Crippen molar-refractivity contribution in [3.63, 3.8) is 0 Å². The molecule has 96 valence electrons. The zero-order valence-corrected chi connectivity index (χ0v) is 11.0. The molecule has 0 aliphatic rings. The number of aromatic nitrogens is 3. The molecular weight excluding hydrogens is 255 g/mol. The largest absolute Gasteiger partial charge is 0.353 e. The average Bonchev–Trinajstić information content (AvgIpc) is 2.75. The third-order valence-corrected chi connectivity index (χ3v) is 2.92. The van der Waals surface area contributed by atoms with E-state index in [0.717, 1.165) is 5.56 Å². The molecule has 4 nitrogen and oxygen atoms in total. The Kier molecular flexibility index (Phi) is 3.81. The zero-order chi connectivity index (χ0) is 13.1. The van der Waals surface area contributed by atoms with Crippen molar-refractivity contribution in [1.29, 1.82) is 0 Å². The number of hydrogen-bond acceptors (Lipinski definition) is 3. The topological polar surface area (TPSA) is 34.0 Å². The highest BCUT2D eigenvalue weighted by Crippen LogP contribution is 2.21. The standard InChI is InChI=1S/C12H14ClFN4/c1-17(7-9-6-16-18(2)8-9)12-11(14)10(5-13)3-4-15-12/h3-4,6,8H,5,7H2,1-2H3. The second kappa shape index (κ2) is 5.35.